The van der Waals surface area contributed by atoms with Crippen molar-refractivity contribution in [2.24, 2.45) is 4.99 Å². The Kier molecular flexibility index (Phi) is 9.18. The zero-order valence-electron chi connectivity index (χ0n) is 19.2. The summed E-state index contributed by atoms with van der Waals surface area (Å²) in [7, 11) is 1.70. The molecule has 1 aliphatic rings. The highest BCUT2D eigenvalue weighted by Crippen LogP contribution is 2.16. The van der Waals surface area contributed by atoms with Gasteiger partial charge in [-0.05, 0) is 30.7 Å². The fourth-order valence-corrected chi connectivity index (χ4v) is 3.81. The number of hydrogen-bond acceptors (Lipinski definition) is 4. The lowest BCUT2D eigenvalue weighted by Gasteiger charge is -2.34. The predicted octanol–water partition coefficient (Wildman–Crippen LogP) is 3.09. The standard InChI is InChI=1S/C25H37N5O/c1-4-26-25(28-19-23-8-6-7-9-24(23)31-3)27-18-21-10-12-22(13-11-21)20-30-16-14-29(5-2)15-17-30/h6-13H,4-5,14-20H2,1-3H3,(H2,26,27,28). The van der Waals surface area contributed by atoms with E-state index >= 15 is 0 Å². The Hall–Kier alpha value is -2.57. The van der Waals surface area contributed by atoms with Crippen molar-refractivity contribution in [3.8, 4) is 5.75 Å². The highest BCUT2D eigenvalue weighted by molar-refractivity contribution is 5.79. The van der Waals surface area contributed by atoms with Crippen molar-refractivity contribution in [2.75, 3.05) is 46.4 Å². The number of benzene rings is 2. The van der Waals surface area contributed by atoms with Crippen LogP contribution in [0.25, 0.3) is 0 Å². The summed E-state index contributed by atoms with van der Waals surface area (Å²) >= 11 is 0. The summed E-state index contributed by atoms with van der Waals surface area (Å²) in [5.41, 5.74) is 3.70. The lowest BCUT2D eigenvalue weighted by molar-refractivity contribution is 0.132. The molecule has 1 saturated heterocycles. The normalized spacial score (nSPS) is 15.6. The molecule has 0 amide bonds. The van der Waals surface area contributed by atoms with E-state index in [1.165, 1.54) is 24.2 Å². The zero-order valence-corrected chi connectivity index (χ0v) is 19.2. The number of hydrogen-bond donors (Lipinski definition) is 2. The van der Waals surface area contributed by atoms with E-state index in [1.54, 1.807) is 7.11 Å². The van der Waals surface area contributed by atoms with Gasteiger partial charge in [0.15, 0.2) is 5.96 Å². The van der Waals surface area contributed by atoms with E-state index < -0.39 is 0 Å². The van der Waals surface area contributed by atoms with Gasteiger partial charge in [0.25, 0.3) is 0 Å². The highest BCUT2D eigenvalue weighted by Gasteiger charge is 2.15. The molecule has 1 aliphatic heterocycles. The lowest BCUT2D eigenvalue weighted by Crippen LogP contribution is -2.45. The molecule has 31 heavy (non-hydrogen) atoms. The minimum Gasteiger partial charge on any atom is -0.496 e. The fourth-order valence-electron chi connectivity index (χ4n) is 3.81. The average molecular weight is 424 g/mol. The first kappa shape index (κ1) is 23.1. The largest absolute Gasteiger partial charge is 0.496 e. The van der Waals surface area contributed by atoms with Crippen LogP contribution in [0.1, 0.15) is 30.5 Å². The van der Waals surface area contributed by atoms with Crippen molar-refractivity contribution in [3.63, 3.8) is 0 Å². The van der Waals surface area contributed by atoms with Gasteiger partial charge in [0.2, 0.25) is 0 Å². The van der Waals surface area contributed by atoms with Gasteiger partial charge in [-0.3, -0.25) is 4.90 Å². The van der Waals surface area contributed by atoms with Gasteiger partial charge >= 0.3 is 0 Å². The summed E-state index contributed by atoms with van der Waals surface area (Å²) in [5, 5.41) is 6.73. The summed E-state index contributed by atoms with van der Waals surface area (Å²) < 4.78 is 5.44. The second-order valence-corrected chi connectivity index (χ2v) is 7.89. The van der Waals surface area contributed by atoms with Crippen molar-refractivity contribution in [1.82, 2.24) is 20.4 Å². The van der Waals surface area contributed by atoms with Crippen LogP contribution in [0.2, 0.25) is 0 Å². The van der Waals surface area contributed by atoms with E-state index in [0.29, 0.717) is 13.1 Å². The second-order valence-electron chi connectivity index (χ2n) is 7.89. The Morgan fingerprint density at radius 1 is 0.903 bits per heavy atom. The Balaban J connectivity index is 1.52. The molecule has 0 aromatic heterocycles. The Bertz CT molecular complexity index is 813. The third-order valence-electron chi connectivity index (χ3n) is 5.74. The van der Waals surface area contributed by atoms with Crippen molar-refractivity contribution < 1.29 is 4.74 Å². The predicted molar refractivity (Wildman–Crippen MR) is 128 cm³/mol. The minimum absolute atomic E-state index is 0.650. The van der Waals surface area contributed by atoms with E-state index in [-0.39, 0.29) is 0 Å². The monoisotopic (exact) mass is 423 g/mol. The number of likely N-dealkylation sites (N-methyl/N-ethyl adjacent to an activating group) is 1. The molecule has 0 spiro atoms. The summed E-state index contributed by atoms with van der Waals surface area (Å²) in [6, 6.07) is 16.9. The summed E-state index contributed by atoms with van der Waals surface area (Å²) in [5.74, 6) is 1.70. The van der Waals surface area contributed by atoms with E-state index in [1.807, 2.05) is 18.2 Å². The summed E-state index contributed by atoms with van der Waals surface area (Å²) in [4.78, 5) is 9.82. The summed E-state index contributed by atoms with van der Waals surface area (Å²) in [6.45, 7) is 13.3. The second kappa shape index (κ2) is 12.3. The Morgan fingerprint density at radius 3 is 2.26 bits per heavy atom. The molecule has 0 aliphatic carbocycles. The molecule has 3 rings (SSSR count). The van der Waals surface area contributed by atoms with Gasteiger partial charge in [-0.15, -0.1) is 0 Å². The summed E-state index contributed by atoms with van der Waals surface area (Å²) in [6.07, 6.45) is 0. The van der Waals surface area contributed by atoms with Crippen LogP contribution in [0.4, 0.5) is 0 Å². The first-order valence-electron chi connectivity index (χ1n) is 11.4. The molecule has 0 bridgehead atoms. The Morgan fingerprint density at radius 2 is 1.58 bits per heavy atom. The fraction of sp³-hybridized carbons (Fsp3) is 0.480. The number of rotatable bonds is 9. The SMILES string of the molecule is CCNC(=NCc1ccc(CN2CCN(CC)CC2)cc1)NCc1ccccc1OC. The smallest absolute Gasteiger partial charge is 0.191 e. The number of para-hydroxylation sites is 1. The third-order valence-corrected chi connectivity index (χ3v) is 5.74. The van der Waals surface area contributed by atoms with E-state index in [2.05, 4.69) is 64.6 Å². The van der Waals surface area contributed by atoms with Crippen LogP contribution < -0.4 is 15.4 Å². The van der Waals surface area contributed by atoms with Crippen LogP contribution in [0.5, 0.6) is 5.75 Å². The van der Waals surface area contributed by atoms with E-state index in [9.17, 15) is 0 Å². The highest BCUT2D eigenvalue weighted by atomic mass is 16.5. The molecule has 0 radical (unpaired) electrons. The first-order valence-corrected chi connectivity index (χ1v) is 11.4. The number of nitrogens with one attached hydrogen (secondary N) is 2. The molecular formula is C25H37N5O. The lowest BCUT2D eigenvalue weighted by atomic mass is 10.1. The van der Waals surface area contributed by atoms with Crippen molar-refractivity contribution in [2.45, 2.75) is 33.5 Å². The molecule has 1 fully saturated rings. The van der Waals surface area contributed by atoms with Gasteiger partial charge in [0.1, 0.15) is 5.75 Å². The van der Waals surface area contributed by atoms with Crippen LogP contribution in [-0.2, 0) is 19.6 Å². The molecule has 6 heteroatoms. The first-order chi connectivity index (χ1) is 15.2. The molecule has 1 heterocycles. The van der Waals surface area contributed by atoms with Crippen LogP contribution in [0, 0.1) is 0 Å². The number of aliphatic imine (C=N–C) groups is 1. The molecule has 6 nitrogen and oxygen atoms in total. The molecule has 2 aromatic rings. The molecule has 0 saturated carbocycles. The quantitative estimate of drug-likeness (QED) is 0.480. The van der Waals surface area contributed by atoms with Crippen molar-refractivity contribution >= 4 is 5.96 Å². The Labute approximate surface area is 187 Å². The minimum atomic E-state index is 0.650. The average Bonchev–Trinajstić information content (AvgIpc) is 2.82. The molecule has 0 atom stereocenters. The molecule has 2 aromatic carbocycles. The van der Waals surface area contributed by atoms with Crippen LogP contribution in [0.3, 0.4) is 0 Å². The maximum Gasteiger partial charge on any atom is 0.191 e. The van der Waals surface area contributed by atoms with Crippen LogP contribution in [0.15, 0.2) is 53.5 Å². The van der Waals surface area contributed by atoms with Gasteiger partial charge in [0.05, 0.1) is 13.7 Å². The topological polar surface area (TPSA) is 52.1 Å². The van der Waals surface area contributed by atoms with Crippen LogP contribution >= 0.6 is 0 Å². The third kappa shape index (κ3) is 7.26. The van der Waals surface area contributed by atoms with Gasteiger partial charge in [-0.1, -0.05) is 49.4 Å². The molecular weight excluding hydrogens is 386 g/mol. The van der Waals surface area contributed by atoms with E-state index in [0.717, 1.165) is 50.0 Å². The maximum atomic E-state index is 5.44. The number of nitrogens with zero attached hydrogens (tertiary/aromatic N) is 3. The molecule has 2 N–H and O–H groups in total. The number of ether oxygens (including phenoxy) is 1. The number of methoxy groups -OCH3 is 1. The van der Waals surface area contributed by atoms with E-state index in [4.69, 9.17) is 9.73 Å². The van der Waals surface area contributed by atoms with Gasteiger partial charge in [-0.25, -0.2) is 4.99 Å². The molecule has 0 unspecified atom stereocenters. The molecule has 168 valence electrons. The van der Waals surface area contributed by atoms with Gasteiger partial charge in [-0.2, -0.15) is 0 Å². The van der Waals surface area contributed by atoms with Crippen molar-refractivity contribution in [1.29, 1.82) is 0 Å². The van der Waals surface area contributed by atoms with Crippen LogP contribution in [-0.4, -0.2) is 62.1 Å². The van der Waals surface area contributed by atoms with Gasteiger partial charge < -0.3 is 20.3 Å². The number of piperazine rings is 1. The maximum absolute atomic E-state index is 5.44. The number of guanidine groups is 1. The van der Waals surface area contributed by atoms with Crippen molar-refractivity contribution in [3.05, 3.63) is 65.2 Å². The zero-order chi connectivity index (χ0) is 21.9. The van der Waals surface area contributed by atoms with Gasteiger partial charge in [0, 0.05) is 51.4 Å².